The third-order valence-electron chi connectivity index (χ3n) is 3.80. The summed E-state index contributed by atoms with van der Waals surface area (Å²) in [6.07, 6.45) is 3.96. The van der Waals surface area contributed by atoms with Gasteiger partial charge in [0.2, 0.25) is 0 Å². The van der Waals surface area contributed by atoms with Gasteiger partial charge in [0.15, 0.2) is 0 Å². The fourth-order valence-corrected chi connectivity index (χ4v) is 2.65. The fourth-order valence-electron chi connectivity index (χ4n) is 2.65. The first-order valence-electron chi connectivity index (χ1n) is 6.94. The smallest absolute Gasteiger partial charge is 0.0109 e. The first-order valence-corrected chi connectivity index (χ1v) is 6.94. The number of piperidine rings is 1. The summed E-state index contributed by atoms with van der Waals surface area (Å²) in [5.74, 6) is 0.857. The van der Waals surface area contributed by atoms with E-state index in [4.69, 9.17) is 5.73 Å². The van der Waals surface area contributed by atoms with Crippen LogP contribution in [0.1, 0.15) is 33.1 Å². The molecule has 0 bridgehead atoms. The number of likely N-dealkylation sites (tertiary alicyclic amines) is 1. The molecule has 96 valence electrons. The summed E-state index contributed by atoms with van der Waals surface area (Å²) < 4.78 is 0. The minimum atomic E-state index is 0.856. The highest BCUT2D eigenvalue weighted by Crippen LogP contribution is 2.18. The molecule has 1 heterocycles. The van der Waals surface area contributed by atoms with Crippen LogP contribution in [0.3, 0.4) is 0 Å². The van der Waals surface area contributed by atoms with Gasteiger partial charge in [0.25, 0.3) is 0 Å². The first-order chi connectivity index (χ1) is 7.80. The van der Waals surface area contributed by atoms with Gasteiger partial charge in [0, 0.05) is 19.6 Å². The van der Waals surface area contributed by atoms with Gasteiger partial charge in [0.1, 0.15) is 0 Å². The Morgan fingerprint density at radius 2 is 2.06 bits per heavy atom. The van der Waals surface area contributed by atoms with Crippen molar-refractivity contribution in [2.45, 2.75) is 33.1 Å². The Labute approximate surface area is 101 Å². The maximum absolute atomic E-state index is 5.64. The second-order valence-electron chi connectivity index (χ2n) is 4.91. The molecule has 0 spiro atoms. The van der Waals surface area contributed by atoms with E-state index in [-0.39, 0.29) is 0 Å². The van der Waals surface area contributed by atoms with E-state index in [9.17, 15) is 0 Å². The van der Waals surface area contributed by atoms with Gasteiger partial charge < -0.3 is 15.5 Å². The average molecular weight is 227 g/mol. The zero-order valence-electron chi connectivity index (χ0n) is 11.1. The van der Waals surface area contributed by atoms with Crippen molar-refractivity contribution in [1.82, 2.24) is 9.80 Å². The number of nitrogens with two attached hydrogens (primary N) is 1. The van der Waals surface area contributed by atoms with Crippen LogP contribution in [0, 0.1) is 5.92 Å². The van der Waals surface area contributed by atoms with Gasteiger partial charge in [0.05, 0.1) is 0 Å². The van der Waals surface area contributed by atoms with Crippen LogP contribution >= 0.6 is 0 Å². The lowest BCUT2D eigenvalue weighted by Crippen LogP contribution is -2.41. The van der Waals surface area contributed by atoms with Crippen molar-refractivity contribution < 1.29 is 0 Å². The van der Waals surface area contributed by atoms with Gasteiger partial charge in [-0.15, -0.1) is 0 Å². The van der Waals surface area contributed by atoms with Gasteiger partial charge in [-0.2, -0.15) is 0 Å². The van der Waals surface area contributed by atoms with Gasteiger partial charge >= 0.3 is 0 Å². The van der Waals surface area contributed by atoms with Crippen LogP contribution in [0.4, 0.5) is 0 Å². The molecule has 3 heteroatoms. The SMILES string of the molecule is CCN(CC)CCN1CCCC(CCN)C1. The number of hydrogen-bond donors (Lipinski definition) is 1. The van der Waals surface area contributed by atoms with E-state index < -0.39 is 0 Å². The molecule has 1 aliphatic rings. The molecule has 16 heavy (non-hydrogen) atoms. The van der Waals surface area contributed by atoms with Crippen molar-refractivity contribution >= 4 is 0 Å². The molecular formula is C13H29N3. The molecule has 1 unspecified atom stereocenters. The van der Waals surface area contributed by atoms with E-state index in [1.54, 1.807) is 0 Å². The topological polar surface area (TPSA) is 32.5 Å². The average Bonchev–Trinajstić information content (AvgIpc) is 2.31. The first kappa shape index (κ1) is 13.9. The number of hydrogen-bond acceptors (Lipinski definition) is 3. The highest BCUT2D eigenvalue weighted by Gasteiger charge is 2.19. The Balaban J connectivity index is 2.20. The van der Waals surface area contributed by atoms with E-state index in [0.29, 0.717) is 0 Å². The summed E-state index contributed by atoms with van der Waals surface area (Å²) >= 11 is 0. The minimum Gasteiger partial charge on any atom is -0.330 e. The standard InChI is InChI=1S/C13H29N3/c1-3-15(4-2)10-11-16-9-5-6-13(12-16)7-8-14/h13H,3-12,14H2,1-2H3. The molecule has 0 aliphatic carbocycles. The number of rotatable bonds is 7. The third kappa shape index (κ3) is 4.81. The molecule has 0 aromatic carbocycles. The Morgan fingerprint density at radius 3 is 2.69 bits per heavy atom. The monoisotopic (exact) mass is 227 g/mol. The maximum atomic E-state index is 5.64. The quantitative estimate of drug-likeness (QED) is 0.713. The van der Waals surface area contributed by atoms with Crippen molar-refractivity contribution in [3.05, 3.63) is 0 Å². The van der Waals surface area contributed by atoms with E-state index >= 15 is 0 Å². The molecule has 1 rings (SSSR count). The highest BCUT2D eigenvalue weighted by atomic mass is 15.2. The molecule has 0 amide bonds. The lowest BCUT2D eigenvalue weighted by atomic mass is 9.95. The van der Waals surface area contributed by atoms with Crippen LogP contribution < -0.4 is 5.73 Å². The van der Waals surface area contributed by atoms with Crippen molar-refractivity contribution in [3.8, 4) is 0 Å². The molecule has 1 atom stereocenters. The summed E-state index contributed by atoms with van der Waals surface area (Å²) in [5, 5.41) is 0. The zero-order chi connectivity index (χ0) is 11.8. The normalized spacial score (nSPS) is 22.9. The van der Waals surface area contributed by atoms with Crippen molar-refractivity contribution in [2.75, 3.05) is 45.8 Å². The number of likely N-dealkylation sites (N-methyl/N-ethyl adjacent to an activating group) is 1. The van der Waals surface area contributed by atoms with Crippen LogP contribution in [-0.4, -0.2) is 55.6 Å². The van der Waals surface area contributed by atoms with Crippen LogP contribution in [0.2, 0.25) is 0 Å². The van der Waals surface area contributed by atoms with Crippen LogP contribution in [0.15, 0.2) is 0 Å². The van der Waals surface area contributed by atoms with Gasteiger partial charge in [-0.05, 0) is 51.4 Å². The predicted molar refractivity (Wildman–Crippen MR) is 70.6 cm³/mol. The summed E-state index contributed by atoms with van der Waals surface area (Å²) in [6, 6.07) is 0. The molecule has 0 radical (unpaired) electrons. The van der Waals surface area contributed by atoms with E-state index in [1.165, 1.54) is 58.5 Å². The Bertz CT molecular complexity index is 167. The third-order valence-corrected chi connectivity index (χ3v) is 3.80. The fraction of sp³-hybridized carbons (Fsp3) is 1.00. The van der Waals surface area contributed by atoms with E-state index in [0.717, 1.165) is 12.5 Å². The second kappa shape index (κ2) is 8.04. The zero-order valence-corrected chi connectivity index (χ0v) is 11.1. The Kier molecular flexibility index (Phi) is 7.01. The molecule has 0 aromatic heterocycles. The van der Waals surface area contributed by atoms with Crippen molar-refractivity contribution in [1.29, 1.82) is 0 Å². The van der Waals surface area contributed by atoms with Gasteiger partial charge in [-0.1, -0.05) is 13.8 Å². The minimum absolute atomic E-state index is 0.856. The van der Waals surface area contributed by atoms with E-state index in [2.05, 4.69) is 23.6 Å². The number of nitrogens with zero attached hydrogens (tertiary/aromatic N) is 2. The van der Waals surface area contributed by atoms with Gasteiger partial charge in [-0.3, -0.25) is 0 Å². The highest BCUT2D eigenvalue weighted by molar-refractivity contribution is 4.74. The Hall–Kier alpha value is -0.120. The summed E-state index contributed by atoms with van der Waals surface area (Å²) in [6.45, 7) is 12.7. The lowest BCUT2D eigenvalue weighted by Gasteiger charge is -2.33. The van der Waals surface area contributed by atoms with Gasteiger partial charge in [-0.25, -0.2) is 0 Å². The van der Waals surface area contributed by atoms with Crippen molar-refractivity contribution in [2.24, 2.45) is 11.7 Å². The summed E-state index contributed by atoms with van der Waals surface area (Å²) in [5.41, 5.74) is 5.64. The largest absolute Gasteiger partial charge is 0.330 e. The summed E-state index contributed by atoms with van der Waals surface area (Å²) in [7, 11) is 0. The maximum Gasteiger partial charge on any atom is 0.0109 e. The molecule has 1 fully saturated rings. The lowest BCUT2D eigenvalue weighted by molar-refractivity contribution is 0.148. The van der Waals surface area contributed by atoms with Crippen LogP contribution in [-0.2, 0) is 0 Å². The molecular weight excluding hydrogens is 198 g/mol. The molecule has 1 saturated heterocycles. The molecule has 0 aromatic rings. The van der Waals surface area contributed by atoms with Crippen LogP contribution in [0.5, 0.6) is 0 Å². The molecule has 0 saturated carbocycles. The molecule has 2 N–H and O–H groups in total. The van der Waals surface area contributed by atoms with Crippen molar-refractivity contribution in [3.63, 3.8) is 0 Å². The molecule has 1 aliphatic heterocycles. The Morgan fingerprint density at radius 1 is 1.31 bits per heavy atom. The predicted octanol–water partition coefficient (Wildman–Crippen LogP) is 1.39. The summed E-state index contributed by atoms with van der Waals surface area (Å²) in [4.78, 5) is 5.13. The molecule has 3 nitrogen and oxygen atoms in total. The van der Waals surface area contributed by atoms with E-state index in [1.807, 2.05) is 0 Å². The second-order valence-corrected chi connectivity index (χ2v) is 4.91. The van der Waals surface area contributed by atoms with Crippen LogP contribution in [0.25, 0.3) is 0 Å².